The largest absolute Gasteiger partial charge is 0.478 e. The van der Waals surface area contributed by atoms with Gasteiger partial charge in [0.2, 0.25) is 0 Å². The molecule has 0 amide bonds. The molecule has 25 heavy (non-hydrogen) atoms. The molecule has 1 N–H and O–H groups in total. The molecule has 2 atom stereocenters. The number of benzene rings is 1. The van der Waals surface area contributed by atoms with Gasteiger partial charge in [0.1, 0.15) is 0 Å². The fourth-order valence-corrected chi connectivity index (χ4v) is 5.32. The Kier molecular flexibility index (Phi) is 4.05. The number of aliphatic imine (C=N–C) groups is 1. The van der Waals surface area contributed by atoms with Gasteiger partial charge < -0.3 is 5.11 Å². The number of aliphatic carboxylic acids is 1. The van der Waals surface area contributed by atoms with Crippen LogP contribution in [0.4, 0.5) is 5.69 Å². The van der Waals surface area contributed by atoms with E-state index in [9.17, 15) is 4.79 Å². The molecule has 0 saturated heterocycles. The van der Waals surface area contributed by atoms with Gasteiger partial charge in [-0.3, -0.25) is 4.99 Å². The van der Waals surface area contributed by atoms with E-state index in [2.05, 4.69) is 26.0 Å². The number of carboxylic acid groups (broad SMARTS) is 1. The molecule has 1 aromatic rings. The second kappa shape index (κ2) is 6.12. The Morgan fingerprint density at radius 1 is 1.28 bits per heavy atom. The fraction of sp³-hybridized carbons (Fsp3) is 0.545. The van der Waals surface area contributed by atoms with Gasteiger partial charge in [-0.05, 0) is 67.2 Å². The van der Waals surface area contributed by atoms with Crippen LogP contribution in [0.15, 0.2) is 23.2 Å². The summed E-state index contributed by atoms with van der Waals surface area (Å²) in [4.78, 5) is 16.1. The maximum absolute atomic E-state index is 11.0. The third kappa shape index (κ3) is 2.56. The van der Waals surface area contributed by atoms with Crippen molar-refractivity contribution in [3.05, 3.63) is 34.9 Å². The van der Waals surface area contributed by atoms with E-state index in [4.69, 9.17) is 10.1 Å². The van der Waals surface area contributed by atoms with Gasteiger partial charge in [0.25, 0.3) is 0 Å². The first-order chi connectivity index (χ1) is 12.0. The normalized spacial score (nSPS) is 27.8. The third-order valence-corrected chi connectivity index (χ3v) is 6.51. The van der Waals surface area contributed by atoms with E-state index in [0.717, 1.165) is 17.7 Å². The van der Waals surface area contributed by atoms with Gasteiger partial charge in [0.05, 0.1) is 5.69 Å². The van der Waals surface area contributed by atoms with Gasteiger partial charge in [-0.15, -0.1) is 0 Å². The van der Waals surface area contributed by atoms with Crippen molar-refractivity contribution in [2.75, 3.05) is 0 Å². The smallest absolute Gasteiger partial charge is 0.328 e. The van der Waals surface area contributed by atoms with Crippen molar-refractivity contribution < 1.29 is 9.90 Å². The van der Waals surface area contributed by atoms with Crippen molar-refractivity contribution in [1.29, 1.82) is 0 Å². The van der Waals surface area contributed by atoms with E-state index < -0.39 is 5.97 Å². The number of hydrogen-bond acceptors (Lipinski definition) is 2. The zero-order valence-corrected chi connectivity index (χ0v) is 15.2. The van der Waals surface area contributed by atoms with Gasteiger partial charge >= 0.3 is 5.97 Å². The molecule has 3 aliphatic rings. The summed E-state index contributed by atoms with van der Waals surface area (Å²) in [6, 6.07) is 4.52. The maximum Gasteiger partial charge on any atom is 0.328 e. The summed E-state index contributed by atoms with van der Waals surface area (Å²) in [6.45, 7) is 4.42. The van der Waals surface area contributed by atoms with Crippen LogP contribution in [-0.2, 0) is 10.2 Å². The molecular weight excluding hydrogens is 310 g/mol. The Morgan fingerprint density at radius 2 is 2.08 bits per heavy atom. The quantitative estimate of drug-likeness (QED) is 0.729. The van der Waals surface area contributed by atoms with Crippen molar-refractivity contribution in [3.63, 3.8) is 0 Å². The standard InChI is InChI=1S/C22H27NO2/c1-14(2)16-12-15(9-10-20(24)25)21-18(13-16)22-11-4-3-6-17(22)7-5-8-19(22)23-21/h9-10,12-14,17H,3-8,11H2,1-2H3,(H,24,25)/b10-9+/t17-,22+/m1/s1. The number of rotatable bonds is 3. The second-order valence-corrected chi connectivity index (χ2v) is 8.20. The molecule has 2 saturated carbocycles. The van der Waals surface area contributed by atoms with E-state index in [0.29, 0.717) is 11.8 Å². The first-order valence-electron chi connectivity index (χ1n) is 9.70. The van der Waals surface area contributed by atoms with Crippen LogP contribution in [-0.4, -0.2) is 16.8 Å². The van der Waals surface area contributed by atoms with Crippen molar-refractivity contribution in [3.8, 4) is 0 Å². The second-order valence-electron chi connectivity index (χ2n) is 8.20. The topological polar surface area (TPSA) is 49.7 Å². The number of nitrogens with zero attached hydrogens (tertiary/aromatic N) is 1. The molecule has 2 aliphatic carbocycles. The van der Waals surface area contributed by atoms with Gasteiger partial charge in [-0.1, -0.05) is 32.8 Å². The lowest BCUT2D eigenvalue weighted by Gasteiger charge is -2.46. The lowest BCUT2D eigenvalue weighted by molar-refractivity contribution is -0.131. The molecule has 1 aromatic carbocycles. The summed E-state index contributed by atoms with van der Waals surface area (Å²) in [5.41, 5.74) is 6.23. The van der Waals surface area contributed by atoms with Crippen LogP contribution >= 0.6 is 0 Å². The number of carboxylic acids is 1. The van der Waals surface area contributed by atoms with Crippen molar-refractivity contribution in [1.82, 2.24) is 0 Å². The third-order valence-electron chi connectivity index (χ3n) is 6.51. The van der Waals surface area contributed by atoms with Crippen LogP contribution in [0.1, 0.15) is 81.4 Å². The zero-order chi connectivity index (χ0) is 17.6. The fourth-order valence-electron chi connectivity index (χ4n) is 5.32. The van der Waals surface area contributed by atoms with Gasteiger partial charge in [0.15, 0.2) is 0 Å². The average molecular weight is 337 g/mol. The highest BCUT2D eigenvalue weighted by Gasteiger charge is 2.51. The van der Waals surface area contributed by atoms with E-state index >= 15 is 0 Å². The molecule has 4 rings (SSSR count). The summed E-state index contributed by atoms with van der Waals surface area (Å²) < 4.78 is 0. The average Bonchev–Trinajstić information content (AvgIpc) is 2.92. The summed E-state index contributed by atoms with van der Waals surface area (Å²) in [7, 11) is 0. The lowest BCUT2D eigenvalue weighted by Crippen LogP contribution is -2.46. The van der Waals surface area contributed by atoms with Crippen LogP contribution in [0.2, 0.25) is 0 Å². The van der Waals surface area contributed by atoms with Gasteiger partial charge in [-0.25, -0.2) is 4.79 Å². The van der Waals surface area contributed by atoms with E-state index in [-0.39, 0.29) is 5.41 Å². The first kappa shape index (κ1) is 16.6. The Hall–Kier alpha value is -1.90. The first-order valence-corrected chi connectivity index (χ1v) is 9.70. The highest BCUT2D eigenvalue weighted by molar-refractivity contribution is 6.04. The predicted molar refractivity (Wildman–Crippen MR) is 102 cm³/mol. The van der Waals surface area contributed by atoms with Crippen LogP contribution in [0.25, 0.3) is 6.08 Å². The predicted octanol–water partition coefficient (Wildman–Crippen LogP) is 5.61. The van der Waals surface area contributed by atoms with Crippen molar-refractivity contribution in [2.45, 2.75) is 70.1 Å². The minimum Gasteiger partial charge on any atom is -0.478 e. The summed E-state index contributed by atoms with van der Waals surface area (Å²) in [5, 5.41) is 9.07. The molecule has 2 fully saturated rings. The van der Waals surface area contributed by atoms with Crippen LogP contribution < -0.4 is 0 Å². The Balaban J connectivity index is 1.92. The highest BCUT2D eigenvalue weighted by atomic mass is 16.4. The number of carbonyl (C=O) groups is 1. The van der Waals surface area contributed by atoms with Crippen LogP contribution in [0.3, 0.4) is 0 Å². The van der Waals surface area contributed by atoms with Gasteiger partial charge in [0, 0.05) is 22.8 Å². The molecule has 3 heteroatoms. The molecule has 0 bridgehead atoms. The lowest BCUT2D eigenvalue weighted by atomic mass is 9.56. The van der Waals surface area contributed by atoms with E-state index in [1.54, 1.807) is 6.08 Å². The highest BCUT2D eigenvalue weighted by Crippen LogP contribution is 2.57. The molecule has 1 spiro atoms. The molecule has 1 heterocycles. The molecule has 0 unspecified atom stereocenters. The minimum atomic E-state index is -0.902. The summed E-state index contributed by atoms with van der Waals surface area (Å²) >= 11 is 0. The molecule has 132 valence electrons. The van der Waals surface area contributed by atoms with E-state index in [1.165, 1.54) is 61.4 Å². The molecule has 3 nitrogen and oxygen atoms in total. The molecule has 0 aromatic heterocycles. The zero-order valence-electron chi connectivity index (χ0n) is 15.2. The van der Waals surface area contributed by atoms with Crippen molar-refractivity contribution >= 4 is 23.4 Å². The van der Waals surface area contributed by atoms with E-state index in [1.807, 2.05) is 0 Å². The van der Waals surface area contributed by atoms with Crippen LogP contribution in [0, 0.1) is 5.92 Å². The van der Waals surface area contributed by atoms with Crippen molar-refractivity contribution in [2.24, 2.45) is 10.9 Å². The summed E-state index contributed by atoms with van der Waals surface area (Å²) in [5.74, 6) is 0.238. The Bertz CT molecular complexity index is 772. The number of fused-ring (bicyclic) bond motifs is 1. The summed E-state index contributed by atoms with van der Waals surface area (Å²) in [6.07, 6.45) is 11.8. The number of hydrogen-bond donors (Lipinski definition) is 1. The monoisotopic (exact) mass is 337 g/mol. The molecular formula is C22H27NO2. The molecule has 0 radical (unpaired) electrons. The van der Waals surface area contributed by atoms with Gasteiger partial charge in [-0.2, -0.15) is 0 Å². The Morgan fingerprint density at radius 3 is 2.84 bits per heavy atom. The minimum absolute atomic E-state index is 0.141. The SMILES string of the molecule is CC(C)c1cc(/C=C/C(=O)O)c2c(c1)[C@]13CCCC[C@@H]1CCCC3=N2. The van der Waals surface area contributed by atoms with Crippen LogP contribution in [0.5, 0.6) is 0 Å². The molecule has 1 aliphatic heterocycles. The maximum atomic E-state index is 11.0. The Labute approximate surface area is 149 Å².